The summed E-state index contributed by atoms with van der Waals surface area (Å²) in [5.41, 5.74) is 3.68. The van der Waals surface area contributed by atoms with Crippen LogP contribution in [-0.4, -0.2) is 48.9 Å². The van der Waals surface area contributed by atoms with Gasteiger partial charge >= 0.3 is 0 Å². The topological polar surface area (TPSA) is 61.6 Å². The van der Waals surface area contributed by atoms with Crippen molar-refractivity contribution in [1.82, 2.24) is 9.80 Å². The van der Waals surface area contributed by atoms with Crippen molar-refractivity contribution >= 4 is 23.2 Å². The molecule has 0 unspecified atom stereocenters. The van der Waals surface area contributed by atoms with E-state index < -0.39 is 0 Å². The summed E-state index contributed by atoms with van der Waals surface area (Å²) in [6, 6.07) is 5.09. The van der Waals surface area contributed by atoms with Gasteiger partial charge in [-0.05, 0) is 38.2 Å². The number of nitrogen functional groups attached to an aromatic ring is 1. The minimum atomic E-state index is -0.0225. The number of anilines is 1. The van der Waals surface area contributed by atoms with E-state index in [9.17, 15) is 4.79 Å². The number of hydrogen-bond donors (Lipinski definition) is 2. The van der Waals surface area contributed by atoms with Gasteiger partial charge in [-0.15, -0.1) is 0 Å². The first-order chi connectivity index (χ1) is 9.11. The second-order valence-electron chi connectivity index (χ2n) is 4.78. The summed E-state index contributed by atoms with van der Waals surface area (Å²) in [4.78, 5) is 16.6. The Bertz CT molecular complexity index is 466. The van der Waals surface area contributed by atoms with E-state index in [4.69, 9.17) is 17.4 Å². The fraction of sp³-hybridized carbons (Fsp3) is 0.462. The molecular formula is C13H19ClN4O. The van der Waals surface area contributed by atoms with E-state index in [1.165, 1.54) is 0 Å². The zero-order chi connectivity index (χ0) is 13.8. The number of carbonyl (C=O) groups excluding carboxylic acids is 1. The van der Waals surface area contributed by atoms with Crippen LogP contribution in [0.25, 0.3) is 0 Å². The molecule has 0 atom stereocenters. The lowest BCUT2D eigenvalue weighted by Crippen LogP contribution is -2.35. The summed E-state index contributed by atoms with van der Waals surface area (Å²) in [6.07, 6.45) is 0.980. The molecule has 1 aliphatic rings. The van der Waals surface area contributed by atoms with Gasteiger partial charge in [0.05, 0.1) is 11.3 Å². The Balaban J connectivity index is 2.21. The van der Waals surface area contributed by atoms with Crippen molar-refractivity contribution in [3.63, 3.8) is 0 Å². The Kier molecular flexibility index (Phi) is 4.63. The van der Waals surface area contributed by atoms with E-state index in [2.05, 4.69) is 17.4 Å². The number of amides is 1. The van der Waals surface area contributed by atoms with Gasteiger partial charge < -0.3 is 15.2 Å². The van der Waals surface area contributed by atoms with Gasteiger partial charge in [-0.1, -0.05) is 11.6 Å². The Labute approximate surface area is 118 Å². The monoisotopic (exact) mass is 282 g/mol. The Morgan fingerprint density at radius 1 is 1.32 bits per heavy atom. The molecule has 1 fully saturated rings. The van der Waals surface area contributed by atoms with Gasteiger partial charge in [0, 0.05) is 24.7 Å². The third kappa shape index (κ3) is 3.37. The molecule has 1 saturated heterocycles. The highest BCUT2D eigenvalue weighted by Crippen LogP contribution is 2.22. The molecule has 19 heavy (non-hydrogen) atoms. The van der Waals surface area contributed by atoms with E-state index in [1.807, 2.05) is 4.90 Å². The second-order valence-corrected chi connectivity index (χ2v) is 5.22. The van der Waals surface area contributed by atoms with Crippen LogP contribution >= 0.6 is 11.6 Å². The maximum Gasteiger partial charge on any atom is 0.256 e. The summed E-state index contributed by atoms with van der Waals surface area (Å²) >= 11 is 5.96. The molecule has 2 rings (SSSR count). The highest BCUT2D eigenvalue weighted by atomic mass is 35.5. The number of benzene rings is 1. The minimum Gasteiger partial charge on any atom is -0.337 e. The molecule has 0 aliphatic carbocycles. The average molecular weight is 283 g/mol. The van der Waals surface area contributed by atoms with Gasteiger partial charge in [-0.3, -0.25) is 10.6 Å². The molecule has 5 nitrogen and oxygen atoms in total. The van der Waals surface area contributed by atoms with Gasteiger partial charge in [-0.2, -0.15) is 0 Å². The molecule has 1 aliphatic heterocycles. The van der Waals surface area contributed by atoms with Crippen molar-refractivity contribution in [3.8, 4) is 0 Å². The number of nitrogens with zero attached hydrogens (tertiary/aromatic N) is 2. The van der Waals surface area contributed by atoms with Crippen LogP contribution in [0.2, 0.25) is 5.02 Å². The predicted molar refractivity (Wildman–Crippen MR) is 77.3 cm³/mol. The lowest BCUT2D eigenvalue weighted by atomic mass is 10.1. The molecular weight excluding hydrogens is 264 g/mol. The van der Waals surface area contributed by atoms with E-state index >= 15 is 0 Å². The largest absolute Gasteiger partial charge is 0.337 e. The molecule has 0 aromatic heterocycles. The van der Waals surface area contributed by atoms with Gasteiger partial charge in [0.25, 0.3) is 5.91 Å². The molecule has 0 bridgehead atoms. The molecule has 3 N–H and O–H groups in total. The molecule has 0 saturated carbocycles. The van der Waals surface area contributed by atoms with Crippen molar-refractivity contribution in [2.24, 2.45) is 5.84 Å². The lowest BCUT2D eigenvalue weighted by molar-refractivity contribution is 0.0763. The van der Waals surface area contributed by atoms with Crippen LogP contribution in [0.5, 0.6) is 0 Å². The SMILES string of the molecule is CN1CCCN(C(=O)c2cc(Cl)ccc2NN)CC1. The molecule has 1 aromatic carbocycles. The smallest absolute Gasteiger partial charge is 0.256 e. The number of hydrogen-bond acceptors (Lipinski definition) is 4. The molecule has 0 spiro atoms. The molecule has 1 heterocycles. The predicted octanol–water partition coefficient (Wildman–Crippen LogP) is 1.40. The van der Waals surface area contributed by atoms with Crippen molar-refractivity contribution < 1.29 is 4.79 Å². The summed E-state index contributed by atoms with van der Waals surface area (Å²) in [5, 5.41) is 0.536. The summed E-state index contributed by atoms with van der Waals surface area (Å²) in [5.74, 6) is 5.43. The van der Waals surface area contributed by atoms with Crippen molar-refractivity contribution in [2.45, 2.75) is 6.42 Å². The van der Waals surface area contributed by atoms with Gasteiger partial charge in [0.15, 0.2) is 0 Å². The van der Waals surface area contributed by atoms with Crippen LogP contribution in [0.4, 0.5) is 5.69 Å². The standard InChI is InChI=1S/C13H19ClN4O/c1-17-5-2-6-18(8-7-17)13(19)11-9-10(14)3-4-12(11)16-15/h3-4,9,16H,2,5-8,15H2,1H3. The number of hydrazine groups is 1. The van der Waals surface area contributed by atoms with Gasteiger partial charge in [-0.25, -0.2) is 0 Å². The first-order valence-electron chi connectivity index (χ1n) is 6.36. The summed E-state index contributed by atoms with van der Waals surface area (Å²) in [7, 11) is 2.07. The molecule has 1 aromatic rings. The fourth-order valence-corrected chi connectivity index (χ4v) is 2.41. The lowest BCUT2D eigenvalue weighted by Gasteiger charge is -2.22. The molecule has 1 amide bonds. The first-order valence-corrected chi connectivity index (χ1v) is 6.73. The van der Waals surface area contributed by atoms with E-state index in [0.717, 1.165) is 32.6 Å². The number of nitrogens with one attached hydrogen (secondary N) is 1. The number of likely N-dealkylation sites (N-methyl/N-ethyl adjacent to an activating group) is 1. The van der Waals surface area contributed by atoms with Crippen molar-refractivity contribution in [3.05, 3.63) is 28.8 Å². The number of carbonyl (C=O) groups is 1. The van der Waals surface area contributed by atoms with E-state index in [1.54, 1.807) is 18.2 Å². The minimum absolute atomic E-state index is 0.0225. The summed E-state index contributed by atoms with van der Waals surface area (Å²) in [6.45, 7) is 3.39. The Morgan fingerprint density at radius 3 is 2.84 bits per heavy atom. The zero-order valence-electron chi connectivity index (χ0n) is 11.0. The third-order valence-electron chi connectivity index (χ3n) is 3.37. The van der Waals surface area contributed by atoms with Crippen LogP contribution in [0.1, 0.15) is 16.8 Å². The number of nitrogens with two attached hydrogens (primary N) is 1. The highest BCUT2D eigenvalue weighted by Gasteiger charge is 2.21. The van der Waals surface area contributed by atoms with Crippen molar-refractivity contribution in [2.75, 3.05) is 38.7 Å². The van der Waals surface area contributed by atoms with Crippen LogP contribution in [0, 0.1) is 0 Å². The molecule has 6 heteroatoms. The van der Waals surface area contributed by atoms with E-state index in [-0.39, 0.29) is 5.91 Å². The Morgan fingerprint density at radius 2 is 2.11 bits per heavy atom. The zero-order valence-corrected chi connectivity index (χ0v) is 11.8. The van der Waals surface area contributed by atoms with Crippen LogP contribution in [-0.2, 0) is 0 Å². The van der Waals surface area contributed by atoms with Crippen LogP contribution in [0.3, 0.4) is 0 Å². The van der Waals surface area contributed by atoms with Crippen molar-refractivity contribution in [1.29, 1.82) is 0 Å². The molecule has 0 radical (unpaired) electrons. The number of halogens is 1. The van der Waals surface area contributed by atoms with E-state index in [0.29, 0.717) is 16.3 Å². The summed E-state index contributed by atoms with van der Waals surface area (Å²) < 4.78 is 0. The fourth-order valence-electron chi connectivity index (χ4n) is 2.24. The second kappa shape index (κ2) is 6.23. The third-order valence-corrected chi connectivity index (χ3v) is 3.61. The van der Waals surface area contributed by atoms with Crippen LogP contribution < -0.4 is 11.3 Å². The van der Waals surface area contributed by atoms with Gasteiger partial charge in [0.2, 0.25) is 0 Å². The van der Waals surface area contributed by atoms with Crippen LogP contribution in [0.15, 0.2) is 18.2 Å². The average Bonchev–Trinajstić information content (AvgIpc) is 2.62. The maximum atomic E-state index is 12.5. The molecule has 104 valence electrons. The highest BCUT2D eigenvalue weighted by molar-refractivity contribution is 6.31. The maximum absolute atomic E-state index is 12.5. The first kappa shape index (κ1) is 14.1. The quantitative estimate of drug-likeness (QED) is 0.636. The van der Waals surface area contributed by atoms with Gasteiger partial charge in [0.1, 0.15) is 0 Å². The normalized spacial score (nSPS) is 17.1. The Hall–Kier alpha value is -1.30. The number of rotatable bonds is 2.